The van der Waals surface area contributed by atoms with E-state index in [0.29, 0.717) is 17.4 Å². The molecule has 3 nitrogen and oxygen atoms in total. The average Bonchev–Trinajstić information content (AvgIpc) is 2.79. The number of thiophene rings is 1. The summed E-state index contributed by atoms with van der Waals surface area (Å²) in [6, 6.07) is 4.15. The van der Waals surface area contributed by atoms with Crippen LogP contribution < -0.4 is 5.32 Å². The van der Waals surface area contributed by atoms with Crippen LogP contribution in [0.15, 0.2) is 17.5 Å². The van der Waals surface area contributed by atoms with E-state index in [2.05, 4.69) is 25.2 Å². The van der Waals surface area contributed by atoms with E-state index in [1.54, 1.807) is 11.3 Å². The second-order valence-corrected chi connectivity index (χ2v) is 6.17. The molecule has 1 unspecified atom stereocenters. The molecule has 0 aromatic carbocycles. The first-order valence-corrected chi connectivity index (χ1v) is 7.70. The summed E-state index contributed by atoms with van der Waals surface area (Å²) >= 11 is 3.12. The van der Waals surface area contributed by atoms with Crippen molar-refractivity contribution in [3.8, 4) is 0 Å². The van der Waals surface area contributed by atoms with Gasteiger partial charge in [-0.05, 0) is 17.4 Å². The molecule has 0 aliphatic carbocycles. The molecule has 1 amide bonds. The number of aliphatic hydroxyl groups is 1. The zero-order valence-electron chi connectivity index (χ0n) is 10.2. The third-order valence-corrected chi connectivity index (χ3v) is 4.19. The molecule has 0 saturated carbocycles. The smallest absolute Gasteiger partial charge is 0.230 e. The number of carbonyl (C=O) groups is 1. The van der Waals surface area contributed by atoms with Crippen LogP contribution in [0.2, 0.25) is 0 Å². The zero-order chi connectivity index (χ0) is 12.7. The van der Waals surface area contributed by atoms with Crippen LogP contribution in [0.1, 0.15) is 24.8 Å². The van der Waals surface area contributed by atoms with Gasteiger partial charge in [-0.3, -0.25) is 4.79 Å². The largest absolute Gasteiger partial charge is 0.396 e. The van der Waals surface area contributed by atoms with Gasteiger partial charge in [-0.2, -0.15) is 0 Å². The van der Waals surface area contributed by atoms with Crippen molar-refractivity contribution in [2.45, 2.75) is 19.9 Å². The highest BCUT2D eigenvalue weighted by Crippen LogP contribution is 2.25. The second kappa shape index (κ2) is 7.74. The number of carbonyl (C=O) groups excluding carboxylic acids is 1. The van der Waals surface area contributed by atoms with Crippen molar-refractivity contribution in [3.63, 3.8) is 0 Å². The molecule has 0 spiro atoms. The molecule has 1 atom stereocenters. The van der Waals surface area contributed by atoms with Crippen LogP contribution in [0.25, 0.3) is 0 Å². The second-order valence-electron chi connectivity index (χ2n) is 4.08. The van der Waals surface area contributed by atoms with Gasteiger partial charge in [0.05, 0.1) is 18.4 Å². The third-order valence-electron chi connectivity index (χ3n) is 2.30. The molecule has 0 bridgehead atoms. The first-order valence-electron chi connectivity index (χ1n) is 5.66. The highest BCUT2D eigenvalue weighted by atomic mass is 32.2. The molecule has 17 heavy (non-hydrogen) atoms. The summed E-state index contributed by atoms with van der Waals surface area (Å²) in [5.41, 5.74) is 0. The highest BCUT2D eigenvalue weighted by molar-refractivity contribution is 7.99. The van der Waals surface area contributed by atoms with Crippen molar-refractivity contribution in [2.75, 3.05) is 18.1 Å². The minimum Gasteiger partial charge on any atom is -0.396 e. The van der Waals surface area contributed by atoms with E-state index in [0.717, 1.165) is 0 Å². The van der Waals surface area contributed by atoms with E-state index >= 15 is 0 Å². The van der Waals surface area contributed by atoms with Crippen LogP contribution in [0.3, 0.4) is 0 Å². The fraction of sp³-hybridized carbons (Fsp3) is 0.583. The SMILES string of the molecule is CC(C)C(NC(=O)CSCCO)c1cccs1. The van der Waals surface area contributed by atoms with Gasteiger partial charge < -0.3 is 10.4 Å². The summed E-state index contributed by atoms with van der Waals surface area (Å²) in [4.78, 5) is 12.9. The molecule has 1 rings (SSSR count). The van der Waals surface area contributed by atoms with Gasteiger partial charge in [0.25, 0.3) is 0 Å². The number of aliphatic hydroxyl groups excluding tert-OH is 1. The topological polar surface area (TPSA) is 49.3 Å². The number of nitrogens with one attached hydrogen (secondary N) is 1. The maximum atomic E-state index is 11.7. The minimum atomic E-state index is 0.0375. The van der Waals surface area contributed by atoms with Crippen molar-refractivity contribution < 1.29 is 9.90 Å². The van der Waals surface area contributed by atoms with Crippen LogP contribution >= 0.6 is 23.1 Å². The highest BCUT2D eigenvalue weighted by Gasteiger charge is 2.18. The van der Waals surface area contributed by atoms with Gasteiger partial charge in [0.15, 0.2) is 0 Å². The van der Waals surface area contributed by atoms with E-state index in [9.17, 15) is 4.79 Å². The van der Waals surface area contributed by atoms with Gasteiger partial charge in [0.2, 0.25) is 5.91 Å². The zero-order valence-corrected chi connectivity index (χ0v) is 11.8. The van der Waals surface area contributed by atoms with Crippen LogP contribution in [0, 0.1) is 5.92 Å². The van der Waals surface area contributed by atoms with Crippen LogP contribution in [0.4, 0.5) is 0 Å². The summed E-state index contributed by atoms with van der Waals surface area (Å²) in [7, 11) is 0. The Hall–Kier alpha value is -0.520. The van der Waals surface area contributed by atoms with Gasteiger partial charge in [0.1, 0.15) is 0 Å². The number of hydrogen-bond acceptors (Lipinski definition) is 4. The van der Waals surface area contributed by atoms with Crippen molar-refractivity contribution in [1.29, 1.82) is 0 Å². The molecule has 0 aliphatic heterocycles. The maximum absolute atomic E-state index is 11.7. The van der Waals surface area contributed by atoms with E-state index in [4.69, 9.17) is 5.11 Å². The first-order chi connectivity index (χ1) is 8.15. The molecule has 1 heterocycles. The van der Waals surface area contributed by atoms with Crippen LogP contribution in [-0.2, 0) is 4.79 Å². The van der Waals surface area contributed by atoms with E-state index in [1.165, 1.54) is 16.6 Å². The Bertz CT molecular complexity index is 325. The average molecular weight is 273 g/mol. The lowest BCUT2D eigenvalue weighted by atomic mass is 10.0. The molecule has 1 aromatic rings. The molecule has 1 aromatic heterocycles. The van der Waals surface area contributed by atoms with Gasteiger partial charge in [-0.15, -0.1) is 23.1 Å². The predicted molar refractivity (Wildman–Crippen MR) is 74.5 cm³/mol. The quantitative estimate of drug-likeness (QED) is 0.749. The van der Waals surface area contributed by atoms with Crippen molar-refractivity contribution in [3.05, 3.63) is 22.4 Å². The van der Waals surface area contributed by atoms with Gasteiger partial charge in [-0.25, -0.2) is 0 Å². The summed E-state index contributed by atoms with van der Waals surface area (Å²) < 4.78 is 0. The van der Waals surface area contributed by atoms with E-state index in [-0.39, 0.29) is 18.6 Å². The Kier molecular flexibility index (Phi) is 6.62. The Labute approximate surface area is 111 Å². The first kappa shape index (κ1) is 14.5. The molecular weight excluding hydrogens is 254 g/mol. The standard InChI is InChI=1S/C12H19NO2S2/c1-9(2)12(10-4-3-6-17-10)13-11(15)8-16-7-5-14/h3-4,6,9,12,14H,5,7-8H2,1-2H3,(H,13,15). The number of thioether (sulfide) groups is 1. The van der Waals surface area contributed by atoms with E-state index in [1.807, 2.05) is 11.4 Å². The number of hydrogen-bond donors (Lipinski definition) is 2. The van der Waals surface area contributed by atoms with Gasteiger partial charge in [0, 0.05) is 10.6 Å². The summed E-state index contributed by atoms with van der Waals surface area (Å²) in [5, 5.41) is 13.7. The van der Waals surface area contributed by atoms with Gasteiger partial charge in [-0.1, -0.05) is 19.9 Å². The predicted octanol–water partition coefficient (Wildman–Crippen LogP) is 2.29. The molecule has 0 fully saturated rings. The Morgan fingerprint density at radius 3 is 2.88 bits per heavy atom. The molecule has 0 aliphatic rings. The molecule has 0 radical (unpaired) electrons. The lowest BCUT2D eigenvalue weighted by molar-refractivity contribution is -0.119. The lowest BCUT2D eigenvalue weighted by Crippen LogP contribution is -2.32. The molecule has 0 saturated heterocycles. The van der Waals surface area contributed by atoms with Crippen LogP contribution in [0.5, 0.6) is 0 Å². The fourth-order valence-electron chi connectivity index (χ4n) is 1.48. The number of amides is 1. The van der Waals surface area contributed by atoms with Gasteiger partial charge >= 0.3 is 0 Å². The monoisotopic (exact) mass is 273 g/mol. The van der Waals surface area contributed by atoms with Crippen LogP contribution in [-0.4, -0.2) is 29.1 Å². The molecule has 2 N–H and O–H groups in total. The van der Waals surface area contributed by atoms with E-state index < -0.39 is 0 Å². The summed E-state index contributed by atoms with van der Waals surface area (Å²) in [6.45, 7) is 4.33. The Morgan fingerprint density at radius 1 is 1.59 bits per heavy atom. The minimum absolute atomic E-state index is 0.0375. The normalized spacial score (nSPS) is 12.7. The number of rotatable bonds is 7. The van der Waals surface area contributed by atoms with Crippen molar-refractivity contribution in [2.24, 2.45) is 5.92 Å². The summed E-state index contributed by atoms with van der Waals surface area (Å²) in [6.07, 6.45) is 0. The maximum Gasteiger partial charge on any atom is 0.230 e. The molecular formula is C12H19NO2S2. The Balaban J connectivity index is 2.48. The molecule has 96 valence electrons. The Morgan fingerprint density at radius 2 is 2.35 bits per heavy atom. The van der Waals surface area contributed by atoms with Crippen molar-refractivity contribution in [1.82, 2.24) is 5.32 Å². The fourth-order valence-corrected chi connectivity index (χ4v) is 2.97. The molecule has 5 heteroatoms. The third kappa shape index (κ3) is 5.10. The summed E-state index contributed by atoms with van der Waals surface area (Å²) in [5.74, 6) is 1.43. The lowest BCUT2D eigenvalue weighted by Gasteiger charge is -2.21. The van der Waals surface area contributed by atoms with Crippen molar-refractivity contribution >= 4 is 29.0 Å².